The molecule has 0 amide bonds. The zero-order valence-corrected chi connectivity index (χ0v) is 10.1. The van der Waals surface area contributed by atoms with Crippen LogP contribution >= 0.6 is 15.9 Å². The highest BCUT2D eigenvalue weighted by Crippen LogP contribution is 2.42. The molecule has 0 N–H and O–H groups in total. The summed E-state index contributed by atoms with van der Waals surface area (Å²) in [5.74, 6) is 0. The minimum absolute atomic E-state index is 1.08. The van der Waals surface area contributed by atoms with Crippen molar-refractivity contribution in [1.82, 2.24) is 0 Å². The summed E-state index contributed by atoms with van der Waals surface area (Å²) in [6.45, 7) is 2.19. The highest BCUT2D eigenvalue weighted by Gasteiger charge is 2.21. The van der Waals surface area contributed by atoms with Crippen LogP contribution in [0, 0.1) is 6.92 Å². The topological polar surface area (TPSA) is 0 Å². The van der Waals surface area contributed by atoms with E-state index in [0.29, 0.717) is 0 Å². The van der Waals surface area contributed by atoms with Crippen LogP contribution in [-0.2, 0) is 6.42 Å². The first-order valence-electron chi connectivity index (χ1n) is 5.13. The fourth-order valence-corrected chi connectivity index (χ4v) is 2.94. The molecule has 2 aromatic rings. The molecule has 0 unspecified atom stereocenters. The smallest absolute Gasteiger partial charge is 0.0256 e. The van der Waals surface area contributed by atoms with Crippen molar-refractivity contribution in [2.75, 3.05) is 0 Å². The first kappa shape index (κ1) is 9.17. The third-order valence-corrected chi connectivity index (χ3v) is 3.81. The molecule has 0 saturated heterocycles. The van der Waals surface area contributed by atoms with Gasteiger partial charge in [0, 0.05) is 4.47 Å². The standard InChI is InChI=1S/C14H11Br/c1-9-6-7-13(15)14-11-5-3-2-4-10(11)8-12(9)14/h2-7H,8H2,1H3. The molecule has 1 heteroatoms. The van der Waals surface area contributed by atoms with Gasteiger partial charge in [0.15, 0.2) is 0 Å². The summed E-state index contributed by atoms with van der Waals surface area (Å²) in [7, 11) is 0. The van der Waals surface area contributed by atoms with Crippen LogP contribution in [0.15, 0.2) is 40.9 Å². The van der Waals surface area contributed by atoms with Crippen molar-refractivity contribution in [3.8, 4) is 11.1 Å². The van der Waals surface area contributed by atoms with Crippen LogP contribution in [0.1, 0.15) is 16.7 Å². The molecular formula is C14H11Br. The summed E-state index contributed by atoms with van der Waals surface area (Å²) in [6.07, 6.45) is 1.08. The number of halogens is 1. The molecule has 0 bridgehead atoms. The van der Waals surface area contributed by atoms with Gasteiger partial charge in [-0.25, -0.2) is 0 Å². The van der Waals surface area contributed by atoms with E-state index in [1.807, 2.05) is 0 Å². The Kier molecular flexibility index (Phi) is 1.96. The summed E-state index contributed by atoms with van der Waals surface area (Å²) < 4.78 is 1.22. The average Bonchev–Trinajstić information content (AvgIpc) is 2.64. The van der Waals surface area contributed by atoms with E-state index in [-0.39, 0.29) is 0 Å². The summed E-state index contributed by atoms with van der Waals surface area (Å²) in [4.78, 5) is 0. The largest absolute Gasteiger partial charge is 0.0619 e. The van der Waals surface area contributed by atoms with Gasteiger partial charge in [-0.1, -0.05) is 46.3 Å². The van der Waals surface area contributed by atoms with Crippen LogP contribution in [0.25, 0.3) is 11.1 Å². The second-order valence-corrected chi connectivity index (χ2v) is 4.91. The average molecular weight is 259 g/mol. The fourth-order valence-electron chi connectivity index (χ4n) is 2.35. The van der Waals surface area contributed by atoms with Crippen LogP contribution in [0.5, 0.6) is 0 Å². The highest BCUT2D eigenvalue weighted by molar-refractivity contribution is 9.10. The second kappa shape index (κ2) is 3.21. The molecule has 1 aliphatic rings. The molecule has 1 aliphatic carbocycles. The molecule has 0 nitrogen and oxygen atoms in total. The predicted molar refractivity (Wildman–Crippen MR) is 67.1 cm³/mol. The molecule has 0 aromatic heterocycles. The summed E-state index contributed by atoms with van der Waals surface area (Å²) in [6, 6.07) is 13.0. The molecular weight excluding hydrogens is 248 g/mol. The third-order valence-electron chi connectivity index (χ3n) is 3.15. The van der Waals surface area contributed by atoms with Crippen molar-refractivity contribution in [1.29, 1.82) is 0 Å². The van der Waals surface area contributed by atoms with Crippen LogP contribution in [-0.4, -0.2) is 0 Å². The zero-order chi connectivity index (χ0) is 10.4. The minimum Gasteiger partial charge on any atom is -0.0619 e. The maximum Gasteiger partial charge on any atom is 0.0256 e. The van der Waals surface area contributed by atoms with Crippen molar-refractivity contribution >= 4 is 15.9 Å². The summed E-state index contributed by atoms with van der Waals surface area (Å²) >= 11 is 3.65. The monoisotopic (exact) mass is 258 g/mol. The molecule has 0 radical (unpaired) electrons. The molecule has 0 saturated carbocycles. The summed E-state index contributed by atoms with van der Waals surface area (Å²) in [5, 5.41) is 0. The van der Waals surface area contributed by atoms with Crippen LogP contribution in [0.3, 0.4) is 0 Å². The first-order chi connectivity index (χ1) is 7.27. The molecule has 2 aromatic carbocycles. The molecule has 0 spiro atoms. The number of hydrogen-bond donors (Lipinski definition) is 0. The maximum atomic E-state index is 3.65. The van der Waals surface area contributed by atoms with Gasteiger partial charge in [-0.2, -0.15) is 0 Å². The number of hydrogen-bond acceptors (Lipinski definition) is 0. The van der Waals surface area contributed by atoms with Gasteiger partial charge in [0.25, 0.3) is 0 Å². The van der Waals surface area contributed by atoms with Gasteiger partial charge in [0.05, 0.1) is 0 Å². The SMILES string of the molecule is Cc1ccc(Br)c2c1Cc1ccccc1-2. The molecule has 0 heterocycles. The Labute approximate surface area is 98.1 Å². The molecule has 74 valence electrons. The zero-order valence-electron chi connectivity index (χ0n) is 8.55. The highest BCUT2D eigenvalue weighted by atomic mass is 79.9. The van der Waals surface area contributed by atoms with Gasteiger partial charge in [0.1, 0.15) is 0 Å². The fraction of sp³-hybridized carbons (Fsp3) is 0.143. The van der Waals surface area contributed by atoms with E-state index in [9.17, 15) is 0 Å². The Bertz CT molecular complexity index is 541. The van der Waals surface area contributed by atoms with E-state index in [1.165, 1.54) is 32.3 Å². The third kappa shape index (κ3) is 1.26. The lowest BCUT2D eigenvalue weighted by Crippen LogP contribution is -1.86. The quantitative estimate of drug-likeness (QED) is 0.563. The molecule has 0 atom stereocenters. The minimum atomic E-state index is 1.08. The van der Waals surface area contributed by atoms with Gasteiger partial charge in [-0.3, -0.25) is 0 Å². The van der Waals surface area contributed by atoms with Gasteiger partial charge >= 0.3 is 0 Å². The van der Waals surface area contributed by atoms with E-state index in [2.05, 4.69) is 59.3 Å². The Morgan fingerprint density at radius 2 is 1.87 bits per heavy atom. The van der Waals surface area contributed by atoms with E-state index in [1.54, 1.807) is 0 Å². The van der Waals surface area contributed by atoms with Gasteiger partial charge < -0.3 is 0 Å². The number of fused-ring (bicyclic) bond motifs is 3. The van der Waals surface area contributed by atoms with Gasteiger partial charge in [0.2, 0.25) is 0 Å². The number of aryl methyl sites for hydroxylation is 1. The maximum absolute atomic E-state index is 3.65. The van der Waals surface area contributed by atoms with E-state index < -0.39 is 0 Å². The van der Waals surface area contributed by atoms with Gasteiger partial charge in [-0.15, -0.1) is 0 Å². The van der Waals surface area contributed by atoms with Crippen molar-refractivity contribution in [2.45, 2.75) is 13.3 Å². The molecule has 3 rings (SSSR count). The first-order valence-corrected chi connectivity index (χ1v) is 5.93. The Hall–Kier alpha value is -1.08. The normalized spacial score (nSPS) is 12.4. The lowest BCUT2D eigenvalue weighted by molar-refractivity contribution is 1.21. The summed E-state index contributed by atoms with van der Waals surface area (Å²) in [5.41, 5.74) is 7.10. The van der Waals surface area contributed by atoms with Crippen molar-refractivity contribution in [3.63, 3.8) is 0 Å². The lowest BCUT2D eigenvalue weighted by atomic mass is 10.0. The van der Waals surface area contributed by atoms with E-state index >= 15 is 0 Å². The van der Waals surface area contributed by atoms with Crippen LogP contribution in [0.4, 0.5) is 0 Å². The Morgan fingerprint density at radius 3 is 2.73 bits per heavy atom. The molecule has 15 heavy (non-hydrogen) atoms. The van der Waals surface area contributed by atoms with Crippen molar-refractivity contribution in [3.05, 3.63) is 57.6 Å². The van der Waals surface area contributed by atoms with Gasteiger partial charge in [-0.05, 0) is 47.2 Å². The molecule has 0 aliphatic heterocycles. The Morgan fingerprint density at radius 1 is 1.07 bits per heavy atom. The second-order valence-electron chi connectivity index (χ2n) is 4.05. The number of rotatable bonds is 0. The van der Waals surface area contributed by atoms with Crippen LogP contribution < -0.4 is 0 Å². The lowest BCUT2D eigenvalue weighted by Gasteiger charge is -2.06. The van der Waals surface area contributed by atoms with E-state index in [0.717, 1.165) is 6.42 Å². The van der Waals surface area contributed by atoms with Crippen LogP contribution in [0.2, 0.25) is 0 Å². The predicted octanol–water partition coefficient (Wildman–Crippen LogP) is 4.33. The van der Waals surface area contributed by atoms with E-state index in [4.69, 9.17) is 0 Å². The van der Waals surface area contributed by atoms with Crippen molar-refractivity contribution < 1.29 is 0 Å². The molecule has 0 fully saturated rings. The number of benzene rings is 2. The van der Waals surface area contributed by atoms with Crippen molar-refractivity contribution in [2.24, 2.45) is 0 Å². The Balaban J connectivity index is 2.37.